The molecule has 4 aromatic rings. The second kappa shape index (κ2) is 10.6. The number of hydrogen-bond donors (Lipinski definition) is 1. The van der Waals surface area contributed by atoms with Gasteiger partial charge in [-0.15, -0.1) is 0 Å². The van der Waals surface area contributed by atoms with Crippen molar-refractivity contribution >= 4 is 22.6 Å². The molecule has 208 valence electrons. The van der Waals surface area contributed by atoms with E-state index in [9.17, 15) is 18.0 Å². The van der Waals surface area contributed by atoms with Gasteiger partial charge in [-0.25, -0.2) is 4.98 Å². The molecular formula is C30H30F3N5O2. The first-order valence-electron chi connectivity index (χ1n) is 13.4. The van der Waals surface area contributed by atoms with Crippen molar-refractivity contribution in [2.75, 3.05) is 64.4 Å². The molecule has 0 atom stereocenters. The molecule has 10 heteroatoms. The summed E-state index contributed by atoms with van der Waals surface area (Å²) in [7, 11) is 1.98. The number of morpholine rings is 1. The smallest absolute Gasteiger partial charge is 0.378 e. The average molecular weight is 550 g/mol. The van der Waals surface area contributed by atoms with Crippen molar-refractivity contribution < 1.29 is 22.7 Å². The summed E-state index contributed by atoms with van der Waals surface area (Å²) >= 11 is 0. The number of hydrogen-bond acceptors (Lipinski definition) is 5. The topological polar surface area (TPSA) is 64.7 Å². The van der Waals surface area contributed by atoms with E-state index in [4.69, 9.17) is 4.74 Å². The second-order valence-electron chi connectivity index (χ2n) is 10.3. The maximum Gasteiger partial charge on any atom is 0.418 e. The van der Waals surface area contributed by atoms with Gasteiger partial charge < -0.3 is 24.4 Å². The Kier molecular flexibility index (Phi) is 6.97. The van der Waals surface area contributed by atoms with Gasteiger partial charge in [-0.05, 0) is 48.5 Å². The summed E-state index contributed by atoms with van der Waals surface area (Å²) in [5, 5.41) is 0.793. The highest BCUT2D eigenvalue weighted by atomic mass is 19.4. The highest BCUT2D eigenvalue weighted by Crippen LogP contribution is 2.40. The number of nitrogens with one attached hydrogen (secondary N) is 1. The lowest BCUT2D eigenvalue weighted by Gasteiger charge is -2.35. The van der Waals surface area contributed by atoms with E-state index in [2.05, 4.69) is 14.9 Å². The fourth-order valence-corrected chi connectivity index (χ4v) is 5.41. The third-order valence-corrected chi connectivity index (χ3v) is 7.75. The maximum absolute atomic E-state index is 14.2. The van der Waals surface area contributed by atoms with E-state index in [1.165, 1.54) is 6.07 Å². The summed E-state index contributed by atoms with van der Waals surface area (Å²) in [6.45, 7) is 4.77. The number of H-pyrrole nitrogens is 1. The van der Waals surface area contributed by atoms with Crippen molar-refractivity contribution in [2.45, 2.75) is 6.18 Å². The molecule has 2 aromatic heterocycles. The van der Waals surface area contributed by atoms with Gasteiger partial charge in [-0.3, -0.25) is 4.79 Å². The first-order valence-corrected chi connectivity index (χ1v) is 13.4. The largest absolute Gasteiger partial charge is 0.418 e. The number of piperazine rings is 1. The van der Waals surface area contributed by atoms with E-state index in [-0.39, 0.29) is 11.6 Å². The molecule has 1 amide bonds. The Morgan fingerprint density at radius 3 is 2.30 bits per heavy atom. The summed E-state index contributed by atoms with van der Waals surface area (Å²) in [4.78, 5) is 26.2. The van der Waals surface area contributed by atoms with Gasteiger partial charge in [0, 0.05) is 79.4 Å². The molecule has 0 unspecified atom stereocenters. The van der Waals surface area contributed by atoms with Crippen LogP contribution >= 0.6 is 0 Å². The molecule has 0 spiro atoms. The maximum atomic E-state index is 14.2. The summed E-state index contributed by atoms with van der Waals surface area (Å²) in [6, 6.07) is 13.8. The van der Waals surface area contributed by atoms with Gasteiger partial charge in [0.15, 0.2) is 0 Å². The third-order valence-electron chi connectivity index (χ3n) is 7.75. The van der Waals surface area contributed by atoms with Crippen LogP contribution in [0.4, 0.5) is 18.9 Å². The molecule has 2 aliphatic heterocycles. The number of alkyl halides is 3. The molecule has 40 heavy (non-hydrogen) atoms. The molecule has 2 saturated heterocycles. The predicted octanol–water partition coefficient (Wildman–Crippen LogP) is 5.14. The highest BCUT2D eigenvalue weighted by molar-refractivity contribution is 5.98. The fraction of sp³-hybridized carbons (Fsp3) is 0.333. The average Bonchev–Trinajstić information content (AvgIpc) is 3.40. The van der Waals surface area contributed by atoms with Crippen LogP contribution in [0.2, 0.25) is 0 Å². The summed E-state index contributed by atoms with van der Waals surface area (Å²) < 4.78 is 47.9. The van der Waals surface area contributed by atoms with Crippen molar-refractivity contribution in [3.05, 3.63) is 72.1 Å². The number of halogens is 3. The Labute approximate surface area is 230 Å². The number of carbonyl (C=O) groups is 1. The lowest BCUT2D eigenvalue weighted by Crippen LogP contribution is -2.45. The molecule has 4 heterocycles. The summed E-state index contributed by atoms with van der Waals surface area (Å²) in [5.41, 5.74) is 3.62. The van der Waals surface area contributed by atoms with Crippen molar-refractivity contribution in [2.24, 2.45) is 0 Å². The van der Waals surface area contributed by atoms with E-state index in [1.54, 1.807) is 35.4 Å². The van der Waals surface area contributed by atoms with E-state index in [1.807, 2.05) is 36.3 Å². The molecule has 0 radical (unpaired) electrons. The zero-order valence-corrected chi connectivity index (χ0v) is 22.2. The number of fused-ring (bicyclic) bond motifs is 1. The van der Waals surface area contributed by atoms with Crippen LogP contribution in [0.1, 0.15) is 15.9 Å². The Morgan fingerprint density at radius 1 is 0.900 bits per heavy atom. The number of benzene rings is 2. The van der Waals surface area contributed by atoms with Gasteiger partial charge in [0.25, 0.3) is 5.91 Å². The number of anilines is 1. The number of carbonyl (C=O) groups excluding carboxylic acids is 1. The standard InChI is InChI=1S/C30H30F3N5O2/c1-36-8-10-37(11-9-36)27-7-6-22(17-26(27)30(31,32)33)23-16-24-25(19-35-28(24)34-18-23)20-2-4-21(5-3-20)29(39)38-12-14-40-15-13-38/h2-7,16-19H,8-15H2,1H3,(H,34,35). The number of likely N-dealkylation sites (N-methyl/N-ethyl adjacent to an activating group) is 1. The number of nitrogens with zero attached hydrogens (tertiary/aromatic N) is 4. The van der Waals surface area contributed by atoms with Crippen LogP contribution < -0.4 is 4.90 Å². The predicted molar refractivity (Wildman–Crippen MR) is 148 cm³/mol. The zero-order valence-electron chi connectivity index (χ0n) is 22.2. The number of aromatic nitrogens is 2. The zero-order chi connectivity index (χ0) is 27.9. The number of amides is 1. The number of rotatable bonds is 4. The molecule has 2 aliphatic rings. The molecule has 0 saturated carbocycles. The van der Waals surface area contributed by atoms with Crippen molar-refractivity contribution in [1.82, 2.24) is 19.8 Å². The molecule has 1 N–H and O–H groups in total. The van der Waals surface area contributed by atoms with Crippen molar-refractivity contribution in [3.63, 3.8) is 0 Å². The Balaban J connectivity index is 1.31. The molecule has 0 bridgehead atoms. The molecule has 6 rings (SSSR count). The first-order chi connectivity index (χ1) is 19.3. The minimum atomic E-state index is -4.48. The molecule has 0 aliphatic carbocycles. The lowest BCUT2D eigenvalue weighted by atomic mass is 9.99. The lowest BCUT2D eigenvalue weighted by molar-refractivity contribution is -0.137. The Hall–Kier alpha value is -3.89. The van der Waals surface area contributed by atoms with Crippen LogP contribution in [-0.2, 0) is 10.9 Å². The van der Waals surface area contributed by atoms with E-state index in [0.29, 0.717) is 61.7 Å². The second-order valence-corrected chi connectivity index (χ2v) is 10.3. The number of aromatic amines is 1. The summed E-state index contributed by atoms with van der Waals surface area (Å²) in [6.07, 6.45) is -1.05. The van der Waals surface area contributed by atoms with Gasteiger partial charge in [0.1, 0.15) is 5.65 Å². The van der Waals surface area contributed by atoms with Gasteiger partial charge in [0.2, 0.25) is 0 Å². The quantitative estimate of drug-likeness (QED) is 0.382. The normalized spacial score (nSPS) is 17.0. The van der Waals surface area contributed by atoms with Gasteiger partial charge in [-0.1, -0.05) is 18.2 Å². The Morgan fingerprint density at radius 2 is 1.60 bits per heavy atom. The van der Waals surface area contributed by atoms with E-state index < -0.39 is 11.7 Å². The van der Waals surface area contributed by atoms with Crippen LogP contribution in [0.3, 0.4) is 0 Å². The SMILES string of the molecule is CN1CCN(c2ccc(-c3cnc4[nH]cc(-c5ccc(C(=O)N6CCOCC6)cc5)c4c3)cc2C(F)(F)F)CC1. The van der Waals surface area contributed by atoms with Gasteiger partial charge >= 0.3 is 6.18 Å². The molecule has 2 aromatic carbocycles. The van der Waals surface area contributed by atoms with Crippen LogP contribution in [0, 0.1) is 0 Å². The third kappa shape index (κ3) is 5.16. The first kappa shape index (κ1) is 26.3. The minimum Gasteiger partial charge on any atom is -0.378 e. The molecule has 2 fully saturated rings. The van der Waals surface area contributed by atoms with Gasteiger partial charge in [0.05, 0.1) is 18.8 Å². The van der Waals surface area contributed by atoms with E-state index in [0.717, 1.165) is 29.6 Å². The number of pyridine rings is 1. The number of ether oxygens (including phenoxy) is 1. The van der Waals surface area contributed by atoms with Crippen LogP contribution in [-0.4, -0.2) is 85.2 Å². The van der Waals surface area contributed by atoms with Crippen molar-refractivity contribution in [3.8, 4) is 22.3 Å². The fourth-order valence-electron chi connectivity index (χ4n) is 5.41. The highest BCUT2D eigenvalue weighted by Gasteiger charge is 2.36. The molecule has 7 nitrogen and oxygen atoms in total. The van der Waals surface area contributed by atoms with Crippen LogP contribution in [0.5, 0.6) is 0 Å². The van der Waals surface area contributed by atoms with Crippen LogP contribution in [0.25, 0.3) is 33.3 Å². The molecular weight excluding hydrogens is 519 g/mol. The minimum absolute atomic E-state index is 0.0294. The van der Waals surface area contributed by atoms with Crippen LogP contribution in [0.15, 0.2) is 60.9 Å². The summed E-state index contributed by atoms with van der Waals surface area (Å²) in [5.74, 6) is -0.0294. The Bertz CT molecular complexity index is 1520. The monoisotopic (exact) mass is 549 g/mol. The van der Waals surface area contributed by atoms with E-state index >= 15 is 0 Å². The van der Waals surface area contributed by atoms with Gasteiger partial charge in [-0.2, -0.15) is 13.2 Å². The van der Waals surface area contributed by atoms with Crippen molar-refractivity contribution in [1.29, 1.82) is 0 Å².